The van der Waals surface area contributed by atoms with Crippen molar-refractivity contribution < 1.29 is 14.3 Å². The molecule has 2 rings (SSSR count). The maximum atomic E-state index is 12.0. The number of ether oxygens (including phenoxy) is 1. The maximum Gasteiger partial charge on any atom is 0.310 e. The fraction of sp³-hybridized carbons (Fsp3) is 0.615. The van der Waals surface area contributed by atoms with Crippen LogP contribution in [0.4, 0.5) is 0 Å². The number of nitrogens with zero attached hydrogens (tertiary/aromatic N) is 1. The molecule has 1 aromatic rings. The molecule has 2 N–H and O–H groups in total. The van der Waals surface area contributed by atoms with Crippen LogP contribution in [0.1, 0.15) is 42.6 Å². The van der Waals surface area contributed by atoms with Gasteiger partial charge in [-0.1, -0.05) is 19.3 Å². The van der Waals surface area contributed by atoms with E-state index in [4.69, 9.17) is 4.74 Å². The van der Waals surface area contributed by atoms with Gasteiger partial charge in [0.1, 0.15) is 5.69 Å². The number of aromatic nitrogens is 2. The molecule has 0 spiro atoms. The largest absolute Gasteiger partial charge is 0.469 e. The number of carbonyl (C=O) groups excluding carboxylic acids is 2. The number of hydrogen-bond donors (Lipinski definition) is 2. The first-order chi connectivity index (χ1) is 9.22. The molecule has 1 aliphatic rings. The van der Waals surface area contributed by atoms with E-state index in [-0.39, 0.29) is 23.8 Å². The topological polar surface area (TPSA) is 84.1 Å². The van der Waals surface area contributed by atoms with Gasteiger partial charge in [-0.05, 0) is 18.9 Å². The van der Waals surface area contributed by atoms with Gasteiger partial charge in [0.05, 0.1) is 13.0 Å². The normalized spacial score (nSPS) is 23.4. The van der Waals surface area contributed by atoms with Gasteiger partial charge < -0.3 is 10.1 Å². The summed E-state index contributed by atoms with van der Waals surface area (Å²) < 4.78 is 4.84. The lowest BCUT2D eigenvalue weighted by molar-refractivity contribution is -0.146. The zero-order valence-electron chi connectivity index (χ0n) is 11.0. The lowest BCUT2D eigenvalue weighted by atomic mass is 9.94. The monoisotopic (exact) mass is 265 g/mol. The Kier molecular flexibility index (Phi) is 4.54. The quantitative estimate of drug-likeness (QED) is 0.636. The van der Waals surface area contributed by atoms with Crippen LogP contribution in [-0.2, 0) is 9.53 Å². The number of aromatic amines is 1. The van der Waals surface area contributed by atoms with E-state index in [1.54, 1.807) is 6.07 Å². The van der Waals surface area contributed by atoms with Crippen molar-refractivity contribution in [3.05, 3.63) is 18.0 Å². The van der Waals surface area contributed by atoms with Crippen molar-refractivity contribution in [1.29, 1.82) is 0 Å². The summed E-state index contributed by atoms with van der Waals surface area (Å²) in [5, 5.41) is 9.29. The molecule has 1 amide bonds. The molecule has 0 unspecified atom stereocenters. The van der Waals surface area contributed by atoms with Crippen LogP contribution in [0.15, 0.2) is 12.3 Å². The zero-order chi connectivity index (χ0) is 13.7. The van der Waals surface area contributed by atoms with Crippen molar-refractivity contribution in [1.82, 2.24) is 15.5 Å². The molecule has 1 fully saturated rings. The van der Waals surface area contributed by atoms with Crippen LogP contribution in [0.25, 0.3) is 0 Å². The van der Waals surface area contributed by atoms with Gasteiger partial charge in [-0.3, -0.25) is 14.7 Å². The van der Waals surface area contributed by atoms with Crippen LogP contribution in [0.2, 0.25) is 0 Å². The number of methoxy groups -OCH3 is 1. The van der Waals surface area contributed by atoms with Crippen LogP contribution in [0.5, 0.6) is 0 Å². The molecule has 0 radical (unpaired) electrons. The Labute approximate surface area is 111 Å². The number of amides is 1. The van der Waals surface area contributed by atoms with Crippen molar-refractivity contribution in [2.75, 3.05) is 7.11 Å². The maximum absolute atomic E-state index is 12.0. The Balaban J connectivity index is 2.05. The number of hydrogen-bond acceptors (Lipinski definition) is 4. The van der Waals surface area contributed by atoms with Gasteiger partial charge >= 0.3 is 5.97 Å². The van der Waals surface area contributed by atoms with Gasteiger partial charge in [-0.2, -0.15) is 5.10 Å². The SMILES string of the molecule is COC(=O)[C@@H]1CCCCC[C@@H]1NC(=O)c1ccn[nH]1. The van der Waals surface area contributed by atoms with Crippen LogP contribution in [0, 0.1) is 5.92 Å². The van der Waals surface area contributed by atoms with Crippen molar-refractivity contribution >= 4 is 11.9 Å². The molecule has 1 aliphatic carbocycles. The number of esters is 1. The Morgan fingerprint density at radius 1 is 1.37 bits per heavy atom. The lowest BCUT2D eigenvalue weighted by Crippen LogP contribution is -2.43. The van der Waals surface area contributed by atoms with Gasteiger partial charge in [-0.15, -0.1) is 0 Å². The molecule has 0 saturated heterocycles. The third-order valence-electron chi connectivity index (χ3n) is 3.58. The van der Waals surface area contributed by atoms with Gasteiger partial charge in [0, 0.05) is 12.2 Å². The first kappa shape index (κ1) is 13.6. The Morgan fingerprint density at radius 3 is 2.84 bits per heavy atom. The Bertz CT molecular complexity index is 430. The predicted molar refractivity (Wildman–Crippen MR) is 68.4 cm³/mol. The van der Waals surface area contributed by atoms with Gasteiger partial charge in [0.25, 0.3) is 5.91 Å². The van der Waals surface area contributed by atoms with E-state index in [0.29, 0.717) is 5.69 Å². The standard InChI is InChI=1S/C13H19N3O3/c1-19-13(18)9-5-3-2-4-6-10(9)15-12(17)11-7-8-14-16-11/h7-10H,2-6H2,1H3,(H,14,16)(H,15,17)/t9-,10+/m1/s1. The molecular weight excluding hydrogens is 246 g/mol. The molecule has 0 aliphatic heterocycles. The van der Waals surface area contributed by atoms with Crippen molar-refractivity contribution in [3.8, 4) is 0 Å². The second-order valence-electron chi connectivity index (χ2n) is 4.82. The summed E-state index contributed by atoms with van der Waals surface area (Å²) >= 11 is 0. The number of rotatable bonds is 3. The van der Waals surface area contributed by atoms with E-state index in [1.165, 1.54) is 13.3 Å². The summed E-state index contributed by atoms with van der Waals surface area (Å²) in [6.45, 7) is 0. The van der Waals surface area contributed by atoms with Crippen molar-refractivity contribution in [3.63, 3.8) is 0 Å². The molecule has 19 heavy (non-hydrogen) atoms. The highest BCUT2D eigenvalue weighted by molar-refractivity contribution is 5.92. The highest BCUT2D eigenvalue weighted by atomic mass is 16.5. The molecule has 104 valence electrons. The molecule has 6 nitrogen and oxygen atoms in total. The lowest BCUT2D eigenvalue weighted by Gasteiger charge is -2.23. The van der Waals surface area contributed by atoms with E-state index >= 15 is 0 Å². The average Bonchev–Trinajstić information content (AvgIpc) is 2.86. The van der Waals surface area contributed by atoms with E-state index in [0.717, 1.165) is 32.1 Å². The minimum Gasteiger partial charge on any atom is -0.469 e. The average molecular weight is 265 g/mol. The number of carbonyl (C=O) groups is 2. The molecule has 1 saturated carbocycles. The molecule has 1 heterocycles. The van der Waals surface area contributed by atoms with Crippen LogP contribution >= 0.6 is 0 Å². The second-order valence-corrected chi connectivity index (χ2v) is 4.82. The zero-order valence-corrected chi connectivity index (χ0v) is 11.0. The Morgan fingerprint density at radius 2 is 2.16 bits per heavy atom. The number of nitrogens with one attached hydrogen (secondary N) is 2. The molecule has 1 aromatic heterocycles. The van der Waals surface area contributed by atoms with Crippen molar-refractivity contribution in [2.45, 2.75) is 38.1 Å². The summed E-state index contributed by atoms with van der Waals surface area (Å²) in [6.07, 6.45) is 6.20. The van der Waals surface area contributed by atoms with E-state index in [1.807, 2.05) is 0 Å². The molecular formula is C13H19N3O3. The van der Waals surface area contributed by atoms with Gasteiger partial charge in [0.2, 0.25) is 0 Å². The number of H-pyrrole nitrogens is 1. The highest BCUT2D eigenvalue weighted by Gasteiger charge is 2.31. The van der Waals surface area contributed by atoms with E-state index in [9.17, 15) is 9.59 Å². The minimum absolute atomic E-state index is 0.161. The first-order valence-electron chi connectivity index (χ1n) is 6.60. The third kappa shape index (κ3) is 3.33. The first-order valence-corrected chi connectivity index (χ1v) is 6.60. The fourth-order valence-corrected chi connectivity index (χ4v) is 2.54. The smallest absolute Gasteiger partial charge is 0.310 e. The van der Waals surface area contributed by atoms with E-state index < -0.39 is 0 Å². The van der Waals surface area contributed by atoms with Gasteiger partial charge in [0.15, 0.2) is 0 Å². The van der Waals surface area contributed by atoms with Crippen LogP contribution in [-0.4, -0.2) is 35.2 Å². The van der Waals surface area contributed by atoms with Crippen molar-refractivity contribution in [2.24, 2.45) is 5.92 Å². The van der Waals surface area contributed by atoms with E-state index in [2.05, 4.69) is 15.5 Å². The Hall–Kier alpha value is -1.85. The molecule has 2 atom stereocenters. The third-order valence-corrected chi connectivity index (χ3v) is 3.58. The fourth-order valence-electron chi connectivity index (χ4n) is 2.54. The molecule has 0 bridgehead atoms. The highest BCUT2D eigenvalue weighted by Crippen LogP contribution is 2.24. The van der Waals surface area contributed by atoms with Gasteiger partial charge in [-0.25, -0.2) is 0 Å². The second kappa shape index (κ2) is 6.36. The summed E-state index contributed by atoms with van der Waals surface area (Å²) in [7, 11) is 1.39. The van der Waals surface area contributed by atoms with Crippen LogP contribution in [0.3, 0.4) is 0 Å². The molecule has 0 aromatic carbocycles. The van der Waals surface area contributed by atoms with Crippen LogP contribution < -0.4 is 5.32 Å². The summed E-state index contributed by atoms with van der Waals surface area (Å²) in [5.41, 5.74) is 0.410. The minimum atomic E-state index is -0.251. The summed E-state index contributed by atoms with van der Waals surface area (Å²) in [5.74, 6) is -0.713. The summed E-state index contributed by atoms with van der Waals surface area (Å²) in [4.78, 5) is 23.8. The molecule has 6 heteroatoms. The predicted octanol–water partition coefficient (Wildman–Crippen LogP) is 1.26. The summed E-state index contributed by atoms with van der Waals surface area (Å²) in [6, 6.07) is 1.45.